The highest BCUT2D eigenvalue weighted by Crippen LogP contribution is 2.23. The maximum absolute atomic E-state index is 12.8. The number of nitrogens with two attached hydrogens (primary N) is 1. The second-order valence-electron chi connectivity index (χ2n) is 8.19. The van der Waals surface area contributed by atoms with Gasteiger partial charge in [-0.2, -0.15) is 0 Å². The van der Waals surface area contributed by atoms with Gasteiger partial charge < -0.3 is 15.2 Å². The zero-order valence-corrected chi connectivity index (χ0v) is 18.8. The van der Waals surface area contributed by atoms with Crippen molar-refractivity contribution in [2.75, 3.05) is 46.2 Å². The van der Waals surface area contributed by atoms with Gasteiger partial charge in [0.05, 0.1) is 26.8 Å². The normalized spacial score (nSPS) is 15.1. The van der Waals surface area contributed by atoms with Gasteiger partial charge in [-0.1, -0.05) is 12.1 Å². The predicted octanol–water partition coefficient (Wildman–Crippen LogP) is 1.30. The molecule has 0 unspecified atom stereocenters. The van der Waals surface area contributed by atoms with Crippen LogP contribution in [0.1, 0.15) is 35.2 Å². The van der Waals surface area contributed by atoms with Gasteiger partial charge in [-0.05, 0) is 62.4 Å². The second-order valence-corrected chi connectivity index (χ2v) is 8.19. The van der Waals surface area contributed by atoms with Crippen molar-refractivity contribution in [3.05, 3.63) is 56.2 Å². The van der Waals surface area contributed by atoms with E-state index in [9.17, 15) is 14.4 Å². The number of benzene rings is 1. The molecule has 9 nitrogen and oxygen atoms in total. The standard InChI is InChI=1S/C23H32N4O5/c1-31-14-13-27-21(24)20(22(29)25-23(27)30)19(28)15-26-11-9-17(10-12-26)4-3-16-5-7-18(32-2)8-6-16/h5-8,17H,3-4,9-15,24H2,1-2H3,(H,25,29,30). The van der Waals surface area contributed by atoms with Gasteiger partial charge >= 0.3 is 5.69 Å². The predicted molar refractivity (Wildman–Crippen MR) is 122 cm³/mol. The number of aryl methyl sites for hydroxylation is 1. The summed E-state index contributed by atoms with van der Waals surface area (Å²) < 4.78 is 11.3. The summed E-state index contributed by atoms with van der Waals surface area (Å²) in [5.41, 5.74) is 5.77. The van der Waals surface area contributed by atoms with Gasteiger partial charge in [-0.25, -0.2) is 4.79 Å². The molecule has 1 aliphatic rings. The number of hydrogen-bond donors (Lipinski definition) is 2. The number of carbonyl (C=O) groups is 1. The lowest BCUT2D eigenvalue weighted by Crippen LogP contribution is -2.41. The maximum atomic E-state index is 12.8. The van der Waals surface area contributed by atoms with Crippen molar-refractivity contribution in [3.63, 3.8) is 0 Å². The van der Waals surface area contributed by atoms with Gasteiger partial charge in [0, 0.05) is 7.11 Å². The number of carbonyl (C=O) groups excluding carboxylic acids is 1. The quantitative estimate of drug-likeness (QED) is 0.530. The molecule has 1 aromatic heterocycles. The highest BCUT2D eigenvalue weighted by Gasteiger charge is 2.25. The van der Waals surface area contributed by atoms with Gasteiger partial charge in [-0.3, -0.25) is 24.0 Å². The smallest absolute Gasteiger partial charge is 0.330 e. The molecule has 0 atom stereocenters. The van der Waals surface area contributed by atoms with Crippen LogP contribution in [0.25, 0.3) is 0 Å². The Morgan fingerprint density at radius 2 is 1.84 bits per heavy atom. The monoisotopic (exact) mass is 444 g/mol. The molecule has 1 saturated heterocycles. The van der Waals surface area contributed by atoms with Crippen molar-refractivity contribution in [3.8, 4) is 5.75 Å². The summed E-state index contributed by atoms with van der Waals surface area (Å²) in [5.74, 6) is 0.995. The van der Waals surface area contributed by atoms with Crippen LogP contribution in [-0.2, 0) is 17.7 Å². The number of rotatable bonds is 10. The fourth-order valence-electron chi connectivity index (χ4n) is 4.14. The van der Waals surface area contributed by atoms with Crippen molar-refractivity contribution in [1.29, 1.82) is 0 Å². The number of anilines is 1. The molecule has 2 heterocycles. The third-order valence-electron chi connectivity index (χ3n) is 6.11. The molecule has 0 aliphatic carbocycles. The SMILES string of the molecule is COCCn1c(N)c(C(=O)CN2CCC(CCc3ccc(OC)cc3)CC2)c(=O)[nH]c1=O. The molecule has 1 fully saturated rings. The Morgan fingerprint density at radius 3 is 2.47 bits per heavy atom. The fraction of sp³-hybridized carbons (Fsp3) is 0.522. The third-order valence-corrected chi connectivity index (χ3v) is 6.11. The van der Waals surface area contributed by atoms with E-state index in [2.05, 4.69) is 22.0 Å². The molecule has 0 bridgehead atoms. The van der Waals surface area contributed by atoms with E-state index in [0.29, 0.717) is 5.92 Å². The number of ketones is 1. The van der Waals surface area contributed by atoms with Gasteiger partial charge in [0.1, 0.15) is 17.1 Å². The van der Waals surface area contributed by atoms with Crippen molar-refractivity contribution < 1.29 is 14.3 Å². The van der Waals surface area contributed by atoms with Crippen LogP contribution in [0.15, 0.2) is 33.9 Å². The summed E-state index contributed by atoms with van der Waals surface area (Å²) in [6.07, 6.45) is 4.12. The largest absolute Gasteiger partial charge is 0.497 e. The number of nitrogen functional groups attached to an aromatic ring is 1. The molecule has 0 amide bonds. The fourth-order valence-corrected chi connectivity index (χ4v) is 4.14. The summed E-state index contributed by atoms with van der Waals surface area (Å²) in [6, 6.07) is 8.16. The number of nitrogens with zero attached hydrogens (tertiary/aromatic N) is 2. The molecule has 3 rings (SSSR count). The molecule has 3 N–H and O–H groups in total. The number of hydrogen-bond acceptors (Lipinski definition) is 7. The number of H-pyrrole nitrogens is 1. The number of aromatic nitrogens is 2. The summed E-state index contributed by atoms with van der Waals surface area (Å²) in [5, 5.41) is 0. The minimum Gasteiger partial charge on any atom is -0.497 e. The molecule has 2 aromatic rings. The van der Waals surface area contributed by atoms with Crippen LogP contribution in [0.5, 0.6) is 5.75 Å². The lowest BCUT2D eigenvalue weighted by atomic mass is 9.90. The number of methoxy groups -OCH3 is 2. The molecule has 1 aromatic carbocycles. The van der Waals surface area contributed by atoms with Crippen molar-refractivity contribution in [1.82, 2.24) is 14.5 Å². The number of Topliss-reactive ketones (excluding diaryl/α,β-unsaturated/α-hetero) is 1. The molecular formula is C23H32N4O5. The lowest BCUT2D eigenvalue weighted by molar-refractivity contribution is 0.0891. The Morgan fingerprint density at radius 1 is 1.16 bits per heavy atom. The van der Waals surface area contributed by atoms with E-state index in [1.54, 1.807) is 7.11 Å². The average Bonchev–Trinajstić information content (AvgIpc) is 2.78. The first-order valence-electron chi connectivity index (χ1n) is 10.9. The van der Waals surface area contributed by atoms with E-state index in [1.807, 2.05) is 12.1 Å². The van der Waals surface area contributed by atoms with E-state index in [0.717, 1.165) is 44.5 Å². The molecule has 0 radical (unpaired) electrons. The molecular weight excluding hydrogens is 412 g/mol. The minimum absolute atomic E-state index is 0.102. The molecule has 9 heteroatoms. The molecule has 0 spiro atoms. The van der Waals surface area contributed by atoms with E-state index in [-0.39, 0.29) is 36.9 Å². The van der Waals surface area contributed by atoms with Gasteiger partial charge in [0.15, 0.2) is 5.78 Å². The van der Waals surface area contributed by atoms with Crippen LogP contribution in [-0.4, -0.2) is 60.7 Å². The van der Waals surface area contributed by atoms with Crippen molar-refractivity contribution in [2.24, 2.45) is 5.92 Å². The number of ether oxygens (including phenoxy) is 2. The van der Waals surface area contributed by atoms with Crippen LogP contribution in [0.4, 0.5) is 5.82 Å². The third kappa shape index (κ3) is 5.86. The first-order chi connectivity index (χ1) is 15.4. The summed E-state index contributed by atoms with van der Waals surface area (Å²) in [4.78, 5) is 41.3. The number of nitrogens with one attached hydrogen (secondary N) is 1. The van der Waals surface area contributed by atoms with Crippen molar-refractivity contribution in [2.45, 2.75) is 32.2 Å². The summed E-state index contributed by atoms with van der Waals surface area (Å²) >= 11 is 0. The zero-order chi connectivity index (χ0) is 23.1. The average molecular weight is 445 g/mol. The minimum atomic E-state index is -0.736. The van der Waals surface area contributed by atoms with E-state index in [4.69, 9.17) is 15.2 Å². The van der Waals surface area contributed by atoms with Crippen LogP contribution in [0.3, 0.4) is 0 Å². The molecule has 32 heavy (non-hydrogen) atoms. The first-order valence-corrected chi connectivity index (χ1v) is 10.9. The Labute approximate surface area is 187 Å². The van der Waals surface area contributed by atoms with Gasteiger partial charge in [0.2, 0.25) is 0 Å². The topological polar surface area (TPSA) is 120 Å². The van der Waals surface area contributed by atoms with E-state index < -0.39 is 11.2 Å². The van der Waals surface area contributed by atoms with Crippen LogP contribution in [0, 0.1) is 5.92 Å². The van der Waals surface area contributed by atoms with Crippen LogP contribution in [0.2, 0.25) is 0 Å². The highest BCUT2D eigenvalue weighted by molar-refractivity contribution is 6.01. The number of likely N-dealkylation sites (tertiary alicyclic amines) is 1. The van der Waals surface area contributed by atoms with Gasteiger partial charge in [-0.15, -0.1) is 0 Å². The van der Waals surface area contributed by atoms with Crippen LogP contribution >= 0.6 is 0 Å². The lowest BCUT2D eigenvalue weighted by Gasteiger charge is -2.31. The Kier molecular flexibility index (Phi) is 8.24. The van der Waals surface area contributed by atoms with E-state index >= 15 is 0 Å². The Hall–Kier alpha value is -2.91. The molecule has 174 valence electrons. The Balaban J connectivity index is 1.54. The molecule has 0 saturated carbocycles. The Bertz CT molecular complexity index is 1020. The maximum Gasteiger partial charge on any atom is 0.330 e. The van der Waals surface area contributed by atoms with Gasteiger partial charge in [0.25, 0.3) is 5.56 Å². The first kappa shape index (κ1) is 23.7. The number of aromatic amines is 1. The highest BCUT2D eigenvalue weighted by atomic mass is 16.5. The number of piperidine rings is 1. The zero-order valence-electron chi connectivity index (χ0n) is 18.8. The second kappa shape index (κ2) is 11.1. The van der Waals surface area contributed by atoms with E-state index in [1.165, 1.54) is 17.2 Å². The molecule has 1 aliphatic heterocycles. The van der Waals surface area contributed by atoms with Crippen LogP contribution < -0.4 is 21.7 Å². The van der Waals surface area contributed by atoms with Crippen molar-refractivity contribution >= 4 is 11.6 Å². The summed E-state index contributed by atoms with van der Waals surface area (Å²) in [6.45, 7) is 2.10. The summed E-state index contributed by atoms with van der Waals surface area (Å²) in [7, 11) is 3.16.